The van der Waals surface area contributed by atoms with Gasteiger partial charge < -0.3 is 28.7 Å². The van der Waals surface area contributed by atoms with E-state index in [4.69, 9.17) is 28.7 Å². The van der Waals surface area contributed by atoms with Crippen LogP contribution in [0.3, 0.4) is 0 Å². The van der Waals surface area contributed by atoms with Gasteiger partial charge in [0.1, 0.15) is 23.1 Å². The van der Waals surface area contributed by atoms with E-state index in [0.29, 0.717) is 0 Å². The highest BCUT2D eigenvalue weighted by Gasteiger charge is 2.45. The van der Waals surface area contributed by atoms with Gasteiger partial charge in [0.2, 0.25) is 0 Å². The van der Waals surface area contributed by atoms with E-state index in [1.54, 1.807) is 0 Å². The normalized spacial score (nSPS) is 16.3. The summed E-state index contributed by atoms with van der Waals surface area (Å²) in [4.78, 5) is 0. The Kier molecular flexibility index (Phi) is 7.17. The van der Waals surface area contributed by atoms with Gasteiger partial charge in [0.25, 0.3) is 0 Å². The number of anilines is 3. The number of halogens is 12. The van der Waals surface area contributed by atoms with Gasteiger partial charge in [0, 0.05) is 16.7 Å². The summed E-state index contributed by atoms with van der Waals surface area (Å²) in [5.74, 6) is -27.3. The zero-order valence-electron chi connectivity index (χ0n) is 20.4. The number of benzene rings is 3. The zero-order valence-corrected chi connectivity index (χ0v) is 20.4. The first-order chi connectivity index (χ1) is 19.9. The molecule has 1 aliphatic carbocycles. The maximum atomic E-state index is 14.8. The number of allylic oxidation sites excluding steroid dienone is 4. The third-order valence-electron chi connectivity index (χ3n) is 6.27. The molecule has 0 radical (unpaired) electrons. The van der Waals surface area contributed by atoms with E-state index in [9.17, 15) is 57.9 Å². The fraction of sp³-hybridized carbons (Fsp3) is 0. The largest absolute Gasteiger partial charge is 0.398 e. The second kappa shape index (κ2) is 10.1. The Morgan fingerprint density at radius 2 is 0.628 bits per heavy atom. The van der Waals surface area contributed by atoms with Crippen molar-refractivity contribution in [2.24, 2.45) is 11.5 Å². The summed E-state index contributed by atoms with van der Waals surface area (Å²) in [5, 5.41) is 9.68. The van der Waals surface area contributed by atoms with Crippen LogP contribution >= 0.6 is 0 Å². The van der Waals surface area contributed by atoms with E-state index in [1.807, 2.05) is 0 Å². The second-order valence-corrected chi connectivity index (χ2v) is 8.57. The molecule has 4 rings (SSSR count). The number of nitrogen functional groups attached to an aromatic ring is 3. The van der Waals surface area contributed by atoms with Gasteiger partial charge in [-0.05, 0) is 0 Å². The standard InChI is InChI=1S/C25H10F12N6/c26-9-4(10(27)16(33)23(41)15(9)32)2(1-38)3-5(21(39)7-11(28)17(34)24(42)18(35)12(7)29)6(3)22(40)8-13(30)19(36)25(43)20(37)14(8)31/h39-43H2/b3-2?,21-5-,22-6+. The second-order valence-electron chi connectivity index (χ2n) is 8.57. The van der Waals surface area contributed by atoms with Crippen LogP contribution in [-0.2, 0) is 0 Å². The molecule has 0 aromatic heterocycles. The predicted molar refractivity (Wildman–Crippen MR) is 127 cm³/mol. The molecular formula is C25H10F12N6. The molecule has 1 fully saturated rings. The van der Waals surface area contributed by atoms with E-state index < -0.39 is 137 Å². The number of hydrogen-bond acceptors (Lipinski definition) is 6. The van der Waals surface area contributed by atoms with E-state index >= 15 is 0 Å². The van der Waals surface area contributed by atoms with Gasteiger partial charge in [-0.25, -0.2) is 52.7 Å². The first-order valence-electron chi connectivity index (χ1n) is 10.9. The summed E-state index contributed by atoms with van der Waals surface area (Å²) < 4.78 is 174. The average Bonchev–Trinajstić information content (AvgIpc) is 3.72. The summed E-state index contributed by atoms with van der Waals surface area (Å²) in [7, 11) is 0. The average molecular weight is 622 g/mol. The van der Waals surface area contributed by atoms with Crippen LogP contribution in [0.5, 0.6) is 0 Å². The summed E-state index contributed by atoms with van der Waals surface area (Å²) in [6.07, 6.45) is 0. The van der Waals surface area contributed by atoms with Gasteiger partial charge in [-0.15, -0.1) is 0 Å². The maximum Gasteiger partial charge on any atom is 0.185 e. The van der Waals surface area contributed by atoms with Crippen molar-refractivity contribution in [1.29, 1.82) is 5.26 Å². The molecular weight excluding hydrogens is 612 g/mol. The molecule has 0 spiro atoms. The van der Waals surface area contributed by atoms with Crippen LogP contribution in [0.25, 0.3) is 17.0 Å². The van der Waals surface area contributed by atoms with Crippen molar-refractivity contribution in [1.82, 2.24) is 0 Å². The molecule has 18 heteroatoms. The minimum absolute atomic E-state index is 1.07. The lowest BCUT2D eigenvalue weighted by atomic mass is 10.0. The molecule has 1 saturated carbocycles. The molecule has 0 aliphatic heterocycles. The molecule has 0 heterocycles. The van der Waals surface area contributed by atoms with Gasteiger partial charge in [-0.1, -0.05) is 0 Å². The van der Waals surface area contributed by atoms with Crippen LogP contribution in [-0.4, -0.2) is 0 Å². The van der Waals surface area contributed by atoms with Crippen molar-refractivity contribution < 1.29 is 52.7 Å². The van der Waals surface area contributed by atoms with Crippen LogP contribution in [0, 0.1) is 81.1 Å². The summed E-state index contributed by atoms with van der Waals surface area (Å²) in [5.41, 5.74) is 7.46. The van der Waals surface area contributed by atoms with E-state index in [1.165, 1.54) is 0 Å². The molecule has 0 amide bonds. The minimum atomic E-state index is -2.34. The van der Waals surface area contributed by atoms with E-state index in [2.05, 4.69) is 0 Å². The zero-order chi connectivity index (χ0) is 32.6. The maximum absolute atomic E-state index is 14.8. The highest BCUT2D eigenvalue weighted by molar-refractivity contribution is 6.08. The van der Waals surface area contributed by atoms with Crippen molar-refractivity contribution in [3.63, 3.8) is 0 Å². The summed E-state index contributed by atoms with van der Waals surface area (Å²) >= 11 is 0. The molecule has 0 saturated heterocycles. The third kappa shape index (κ3) is 4.14. The van der Waals surface area contributed by atoms with Crippen molar-refractivity contribution in [2.45, 2.75) is 0 Å². The molecule has 0 atom stereocenters. The molecule has 0 unspecified atom stereocenters. The molecule has 224 valence electrons. The van der Waals surface area contributed by atoms with Crippen molar-refractivity contribution in [2.75, 3.05) is 17.2 Å². The Balaban J connectivity index is 2.26. The number of rotatable bonds is 3. The van der Waals surface area contributed by atoms with Crippen molar-refractivity contribution in [3.8, 4) is 6.07 Å². The van der Waals surface area contributed by atoms with E-state index in [0.717, 1.165) is 6.07 Å². The van der Waals surface area contributed by atoms with Crippen LogP contribution in [0.15, 0.2) is 16.7 Å². The van der Waals surface area contributed by atoms with Crippen LogP contribution in [0.1, 0.15) is 16.7 Å². The molecule has 10 N–H and O–H groups in total. The molecule has 43 heavy (non-hydrogen) atoms. The summed E-state index contributed by atoms with van der Waals surface area (Å²) in [6.45, 7) is 0. The van der Waals surface area contributed by atoms with Crippen molar-refractivity contribution in [3.05, 3.63) is 103 Å². The van der Waals surface area contributed by atoms with Crippen LogP contribution in [0.4, 0.5) is 69.7 Å². The first kappa shape index (κ1) is 30.5. The fourth-order valence-corrected chi connectivity index (χ4v) is 4.10. The van der Waals surface area contributed by atoms with Gasteiger partial charge in [0.15, 0.2) is 69.8 Å². The van der Waals surface area contributed by atoms with Crippen molar-refractivity contribution >= 4 is 34.0 Å². The topological polar surface area (TPSA) is 154 Å². The van der Waals surface area contributed by atoms with Gasteiger partial charge in [-0.2, -0.15) is 5.26 Å². The fourth-order valence-electron chi connectivity index (χ4n) is 4.10. The highest BCUT2D eigenvalue weighted by Crippen LogP contribution is 2.55. The van der Waals surface area contributed by atoms with Gasteiger partial charge in [-0.3, -0.25) is 0 Å². The third-order valence-corrected chi connectivity index (χ3v) is 6.27. The predicted octanol–water partition coefficient (Wildman–Crippen LogP) is 5.13. The Bertz CT molecular complexity index is 1780. The molecule has 1 aliphatic rings. The van der Waals surface area contributed by atoms with Gasteiger partial charge >= 0.3 is 0 Å². The molecule has 6 nitrogen and oxygen atoms in total. The lowest BCUT2D eigenvalue weighted by molar-refractivity contribution is 0.455. The van der Waals surface area contributed by atoms with E-state index in [-0.39, 0.29) is 0 Å². The smallest absolute Gasteiger partial charge is 0.185 e. The Morgan fingerprint density at radius 1 is 0.395 bits per heavy atom. The minimum Gasteiger partial charge on any atom is -0.398 e. The Hall–Kier alpha value is -5.47. The highest BCUT2D eigenvalue weighted by atomic mass is 19.2. The summed E-state index contributed by atoms with van der Waals surface area (Å²) in [6, 6.07) is 1.07. The lowest BCUT2D eigenvalue weighted by Crippen LogP contribution is -2.12. The molecule has 0 bridgehead atoms. The lowest BCUT2D eigenvalue weighted by Gasteiger charge is -2.10. The number of nitrogens with two attached hydrogens (primary N) is 5. The molecule has 3 aromatic carbocycles. The monoisotopic (exact) mass is 622 g/mol. The number of hydrogen-bond donors (Lipinski definition) is 5. The Morgan fingerprint density at radius 3 is 0.860 bits per heavy atom. The Labute approximate surface area is 230 Å². The van der Waals surface area contributed by atoms with Crippen LogP contribution < -0.4 is 28.7 Å². The quantitative estimate of drug-likeness (QED) is 0.118. The number of nitriles is 1. The van der Waals surface area contributed by atoms with Crippen LogP contribution in [0.2, 0.25) is 0 Å². The van der Waals surface area contributed by atoms with Gasteiger partial charge in [0.05, 0.1) is 33.7 Å². The first-order valence-corrected chi connectivity index (χ1v) is 10.9. The SMILES string of the molecule is N#CC(=C1C(=C(/N)c2c(F)c(F)c(N)c(F)c2F)/C1=C(/N)c1c(F)c(F)c(N)c(F)c1F)c1c(F)c(F)c(N)c(F)c1F. The molecule has 3 aromatic rings. The number of nitrogens with zero attached hydrogens (tertiary/aromatic N) is 1.